The van der Waals surface area contributed by atoms with Crippen LogP contribution in [0.1, 0.15) is 6.92 Å². The van der Waals surface area contributed by atoms with Gasteiger partial charge >= 0.3 is 0 Å². The van der Waals surface area contributed by atoms with Crippen molar-refractivity contribution in [2.24, 2.45) is 12.1 Å². The zero-order valence-corrected chi connectivity index (χ0v) is 18.1. The molecule has 152 valence electrons. The Morgan fingerprint density at radius 1 is 1.28 bits per heavy atom. The Morgan fingerprint density at radius 3 is 2.83 bits per heavy atom. The van der Waals surface area contributed by atoms with Crippen LogP contribution in [-0.4, -0.2) is 38.7 Å². The number of pyridine rings is 1. The minimum Gasteiger partial charge on any atom is -0.345 e. The van der Waals surface area contributed by atoms with Gasteiger partial charge in [0.2, 0.25) is 11.9 Å². The van der Waals surface area contributed by atoms with Gasteiger partial charge in [-0.25, -0.2) is 15.4 Å². The molecule has 0 radical (unpaired) electrons. The molecule has 0 saturated carbocycles. The summed E-state index contributed by atoms with van der Waals surface area (Å²) in [5, 5.41) is 11.5. The normalized spacial score (nSPS) is 12.1. The number of nitrogens with one attached hydrogen (secondary N) is 3. The van der Waals surface area contributed by atoms with Crippen molar-refractivity contribution in [1.29, 1.82) is 0 Å². The first kappa shape index (κ1) is 20.5. The summed E-state index contributed by atoms with van der Waals surface area (Å²) in [7, 11) is 0.347. The van der Waals surface area contributed by atoms with Crippen LogP contribution in [0.5, 0.6) is 0 Å². The molecular weight excluding hydrogens is 384 g/mol. The summed E-state index contributed by atoms with van der Waals surface area (Å²) in [5.41, 5.74) is 4.79. The van der Waals surface area contributed by atoms with E-state index in [0.717, 1.165) is 23.1 Å². The van der Waals surface area contributed by atoms with Crippen LogP contribution >= 0.6 is 0 Å². The molecule has 3 heterocycles. The summed E-state index contributed by atoms with van der Waals surface area (Å²) >= 11 is 0. The molecule has 3 N–H and O–H groups in total. The maximum Gasteiger partial charge on any atom is 0.237 e. The van der Waals surface area contributed by atoms with Gasteiger partial charge in [0.25, 0.3) is 0 Å². The van der Waals surface area contributed by atoms with E-state index in [4.69, 9.17) is 0 Å². The number of hydrogen-bond donors (Lipinski definition) is 3. The number of rotatable bonds is 7. The number of aromatic amines is 1. The fourth-order valence-corrected chi connectivity index (χ4v) is 3.79. The van der Waals surface area contributed by atoms with Crippen molar-refractivity contribution < 1.29 is 4.79 Å². The summed E-state index contributed by atoms with van der Waals surface area (Å²) in [6.07, 6.45) is 5.15. The molecule has 1 amide bonds. The lowest BCUT2D eigenvalue weighted by Crippen LogP contribution is -2.33. The second-order valence-corrected chi connectivity index (χ2v) is 12.9. The Labute approximate surface area is 170 Å². The van der Waals surface area contributed by atoms with Gasteiger partial charge in [0.15, 0.2) is 5.49 Å². The van der Waals surface area contributed by atoms with Crippen LogP contribution in [0.25, 0.3) is 11.3 Å². The number of anilines is 2. The van der Waals surface area contributed by atoms with E-state index in [1.807, 2.05) is 31.3 Å². The first-order valence-corrected chi connectivity index (χ1v) is 12.9. The highest BCUT2D eigenvalue weighted by Gasteiger charge is 2.21. The first-order valence-electron chi connectivity index (χ1n) is 9.46. The van der Waals surface area contributed by atoms with E-state index in [-0.39, 0.29) is 5.91 Å². The fourth-order valence-electron chi connectivity index (χ4n) is 2.59. The smallest absolute Gasteiger partial charge is 0.237 e. The van der Waals surface area contributed by atoms with Crippen molar-refractivity contribution in [3.63, 3.8) is 0 Å². The van der Waals surface area contributed by atoms with Crippen LogP contribution in [0.15, 0.2) is 48.0 Å². The van der Waals surface area contributed by atoms with Gasteiger partial charge in [-0.2, -0.15) is 10.2 Å². The van der Waals surface area contributed by atoms with Crippen LogP contribution in [-0.2, 0) is 11.8 Å². The zero-order valence-electron chi connectivity index (χ0n) is 17.1. The largest absolute Gasteiger partial charge is 0.345 e. The lowest BCUT2D eigenvalue weighted by atomic mass is 10.2. The molecule has 0 bridgehead atoms. The molecule has 3 rings (SSSR count). The van der Waals surface area contributed by atoms with Crippen molar-refractivity contribution >= 4 is 25.7 Å². The molecule has 9 nitrogen and oxygen atoms in total. The molecule has 0 aliphatic rings. The summed E-state index contributed by atoms with van der Waals surface area (Å²) in [4.78, 5) is 24.0. The average Bonchev–Trinajstić information content (AvgIpc) is 3.11. The number of carbonyl (C=O) groups excluding carboxylic acids is 1. The van der Waals surface area contributed by atoms with E-state index in [1.165, 1.54) is 0 Å². The minimum atomic E-state index is -1.49. The van der Waals surface area contributed by atoms with Crippen LogP contribution < -0.4 is 16.2 Å². The molecule has 0 saturated heterocycles. The first-order chi connectivity index (χ1) is 13.9. The third kappa shape index (κ3) is 5.61. The molecule has 29 heavy (non-hydrogen) atoms. The standard InChI is InChI=1S/C19H26N8OSi/c1-5-29(3,4)13-18(28)26-25-16-12-14(6-9-20-16)15-7-10-21-19(23-15)24-17-8-11-22-27(17)2/h6-12H,5,13H2,1-4H3,(H,20,25)(H,26,28)(H,21,23,24). The Balaban J connectivity index is 1.76. The fraction of sp³-hybridized carbons (Fsp3) is 0.316. The molecule has 10 heteroatoms. The van der Waals surface area contributed by atoms with Gasteiger partial charge in [0.1, 0.15) is 5.82 Å². The number of carbonyl (C=O) groups is 1. The van der Waals surface area contributed by atoms with Crippen molar-refractivity contribution in [1.82, 2.24) is 30.2 Å². The Bertz CT molecular complexity index is 1060. The van der Waals surface area contributed by atoms with Crippen molar-refractivity contribution in [3.05, 3.63) is 48.3 Å². The molecular formula is C19H26N8OSi. The van der Waals surface area contributed by atoms with Gasteiger partial charge in [-0.15, -0.1) is 0 Å². The summed E-state index contributed by atoms with van der Waals surface area (Å²) < 4.78 is 1.70. The predicted molar refractivity (Wildman–Crippen MR) is 115 cm³/mol. The number of nitrogens with zero attached hydrogens (tertiary/aromatic N) is 5. The van der Waals surface area contributed by atoms with E-state index in [1.54, 1.807) is 23.3 Å². The number of aromatic nitrogens is 5. The monoisotopic (exact) mass is 410 g/mol. The van der Waals surface area contributed by atoms with Gasteiger partial charge in [-0.3, -0.25) is 9.48 Å². The third-order valence-corrected chi connectivity index (χ3v) is 7.89. The highest BCUT2D eigenvalue weighted by molar-refractivity contribution is 6.79. The quantitative estimate of drug-likeness (QED) is 0.409. The summed E-state index contributed by atoms with van der Waals surface area (Å²) in [6.45, 7) is 6.53. The summed E-state index contributed by atoms with van der Waals surface area (Å²) in [5.74, 6) is 1.21. The van der Waals surface area contributed by atoms with E-state index in [2.05, 4.69) is 55.9 Å². The average molecular weight is 411 g/mol. The Kier molecular flexibility index (Phi) is 6.22. The topological polar surface area (TPSA) is 113 Å². The number of aryl methyl sites for hydroxylation is 1. The number of amides is 1. The molecule has 0 atom stereocenters. The zero-order chi connectivity index (χ0) is 20.9. The molecule has 0 unspecified atom stereocenters. The van der Waals surface area contributed by atoms with Gasteiger partial charge in [0, 0.05) is 37.1 Å². The molecule has 3 aromatic heterocycles. The molecule has 3 aromatic rings. The number of H-pyrrole nitrogens is 1. The maximum absolute atomic E-state index is 12.1. The minimum absolute atomic E-state index is 0.0491. The van der Waals surface area contributed by atoms with E-state index in [0.29, 0.717) is 17.5 Å². The molecule has 0 aromatic carbocycles. The van der Waals surface area contributed by atoms with Gasteiger partial charge in [-0.05, 0) is 18.2 Å². The van der Waals surface area contributed by atoms with Crippen LogP contribution in [0.3, 0.4) is 0 Å². The molecule has 0 aliphatic carbocycles. The van der Waals surface area contributed by atoms with Crippen molar-refractivity contribution in [2.45, 2.75) is 32.1 Å². The van der Waals surface area contributed by atoms with Crippen molar-refractivity contribution in [3.8, 4) is 11.3 Å². The lowest BCUT2D eigenvalue weighted by Gasteiger charge is -2.17. The second-order valence-electron chi connectivity index (χ2n) is 7.53. The van der Waals surface area contributed by atoms with Crippen LogP contribution in [0.4, 0.5) is 11.8 Å². The maximum atomic E-state index is 12.1. The van der Waals surface area contributed by atoms with E-state index in [9.17, 15) is 4.79 Å². The second kappa shape index (κ2) is 8.82. The van der Waals surface area contributed by atoms with Gasteiger partial charge < -0.3 is 10.3 Å². The highest BCUT2D eigenvalue weighted by Crippen LogP contribution is 2.17. The van der Waals surface area contributed by atoms with Crippen molar-refractivity contribution in [2.75, 3.05) is 5.32 Å². The molecule has 0 fully saturated rings. The third-order valence-electron chi connectivity index (χ3n) is 4.70. The summed E-state index contributed by atoms with van der Waals surface area (Å²) in [6, 6.07) is 9.01. The van der Waals surface area contributed by atoms with Crippen LogP contribution in [0, 0.1) is 0 Å². The number of hydrogen-bond acceptors (Lipinski definition) is 6. The highest BCUT2D eigenvalue weighted by atomic mass is 28.3. The lowest BCUT2D eigenvalue weighted by molar-refractivity contribution is -0.119. The Hall–Kier alpha value is -3.27. The van der Waals surface area contributed by atoms with Gasteiger partial charge in [-0.1, -0.05) is 26.1 Å². The Morgan fingerprint density at radius 2 is 2.10 bits per heavy atom. The van der Waals surface area contributed by atoms with Gasteiger partial charge in [0.05, 0.1) is 20.0 Å². The SMILES string of the molecule is CC[Si](C)(C)CC(=O)N/N=c1/cc(-c2ccnc(Nc3ccnn3C)n2)cc[nH]1. The predicted octanol–water partition coefficient (Wildman–Crippen LogP) is 2.61. The molecule has 0 spiro atoms. The van der Waals surface area contributed by atoms with Crippen LogP contribution in [0.2, 0.25) is 25.2 Å². The molecule has 0 aliphatic heterocycles. The van der Waals surface area contributed by atoms with E-state index < -0.39 is 8.07 Å². The van der Waals surface area contributed by atoms with E-state index >= 15 is 0 Å².